The van der Waals surface area contributed by atoms with Crippen molar-refractivity contribution in [3.05, 3.63) is 253 Å². The number of anilines is 4. The summed E-state index contributed by atoms with van der Waals surface area (Å²) in [7, 11) is 0. The third-order valence-corrected chi connectivity index (χ3v) is 13.4. The first kappa shape index (κ1) is 40.7. The first-order valence-electron chi connectivity index (χ1n) is 22.9. The Bertz CT molecular complexity index is 3430. The maximum atomic E-state index is 5.39. The fourth-order valence-corrected chi connectivity index (χ4v) is 10.2. The van der Waals surface area contributed by atoms with Crippen LogP contribution >= 0.6 is 0 Å². The average Bonchev–Trinajstić information content (AvgIpc) is 3.45. The summed E-state index contributed by atoms with van der Waals surface area (Å²) in [6.45, 7) is 10.7. The predicted molar refractivity (Wildman–Crippen MR) is 278 cm³/mol. The first-order valence-corrected chi connectivity index (χ1v) is 22.9. The largest absolute Gasteiger partial charge is 0.313 e. The van der Waals surface area contributed by atoms with Crippen molar-refractivity contribution < 1.29 is 0 Å². The molecule has 4 nitrogen and oxygen atoms in total. The van der Waals surface area contributed by atoms with Gasteiger partial charge in [-0.25, -0.2) is 9.97 Å². The van der Waals surface area contributed by atoms with Crippen LogP contribution in [0.15, 0.2) is 236 Å². The smallest absolute Gasteiger partial charge is 0.160 e. The minimum Gasteiger partial charge on any atom is -0.313 e. The van der Waals surface area contributed by atoms with Crippen molar-refractivity contribution in [3.63, 3.8) is 0 Å². The minimum atomic E-state index is 0.136. The van der Waals surface area contributed by atoms with Gasteiger partial charge in [-0.3, -0.25) is 0 Å². The van der Waals surface area contributed by atoms with Gasteiger partial charge in [-0.2, -0.15) is 0 Å². The molecule has 0 radical (unpaired) electrons. The molecule has 2 atom stereocenters. The van der Waals surface area contributed by atoms with Gasteiger partial charge < -0.3 is 9.80 Å². The quantitative estimate of drug-likeness (QED) is 0.135. The van der Waals surface area contributed by atoms with E-state index >= 15 is 0 Å². The number of benzene rings is 7. The van der Waals surface area contributed by atoms with Gasteiger partial charge >= 0.3 is 0 Å². The molecule has 318 valence electrons. The molecule has 0 saturated carbocycles. The lowest BCUT2D eigenvalue weighted by Crippen LogP contribution is -2.20. The van der Waals surface area contributed by atoms with E-state index < -0.39 is 0 Å². The van der Waals surface area contributed by atoms with Crippen molar-refractivity contribution in [1.29, 1.82) is 0 Å². The molecular formula is C62H50N4. The molecule has 4 heteroatoms. The number of hydrogen-bond donors (Lipinski definition) is 0. The van der Waals surface area contributed by atoms with Crippen molar-refractivity contribution in [1.82, 2.24) is 9.97 Å². The van der Waals surface area contributed by atoms with Crippen molar-refractivity contribution in [2.75, 3.05) is 9.80 Å². The Labute approximate surface area is 387 Å². The second-order valence-corrected chi connectivity index (χ2v) is 17.5. The zero-order valence-electron chi connectivity index (χ0n) is 37.6. The van der Waals surface area contributed by atoms with E-state index in [0.717, 1.165) is 39.8 Å². The predicted octanol–water partition coefficient (Wildman–Crippen LogP) is 16.4. The van der Waals surface area contributed by atoms with Crippen LogP contribution in [0.4, 0.5) is 22.7 Å². The molecule has 3 aliphatic rings. The van der Waals surface area contributed by atoms with Crippen LogP contribution in [0.1, 0.15) is 36.0 Å². The van der Waals surface area contributed by atoms with E-state index in [2.05, 4.69) is 243 Å². The molecule has 2 aliphatic carbocycles. The average molecular weight is 851 g/mol. The summed E-state index contributed by atoms with van der Waals surface area (Å²) >= 11 is 0. The second kappa shape index (κ2) is 17.1. The highest BCUT2D eigenvalue weighted by Gasteiger charge is 2.41. The van der Waals surface area contributed by atoms with Crippen LogP contribution in [0.3, 0.4) is 0 Å². The highest BCUT2D eigenvalue weighted by molar-refractivity contribution is 6.03. The highest BCUT2D eigenvalue weighted by Crippen LogP contribution is 2.55. The Hall–Kier alpha value is -8.08. The molecule has 2 heterocycles. The van der Waals surface area contributed by atoms with Gasteiger partial charge in [0, 0.05) is 63.2 Å². The van der Waals surface area contributed by atoms with Gasteiger partial charge in [-0.05, 0) is 114 Å². The Balaban J connectivity index is 1.03. The van der Waals surface area contributed by atoms with Crippen LogP contribution in [0.5, 0.6) is 0 Å². The third kappa shape index (κ3) is 7.21. The van der Waals surface area contributed by atoms with Crippen LogP contribution in [0, 0.1) is 19.8 Å². The zero-order chi connectivity index (χ0) is 44.7. The number of allylic oxidation sites excluding steroid dienone is 12. The lowest BCUT2D eigenvalue weighted by Gasteiger charge is -2.30. The molecule has 0 spiro atoms. The Morgan fingerprint density at radius 2 is 1.41 bits per heavy atom. The Morgan fingerprint density at radius 1 is 0.636 bits per heavy atom. The minimum absolute atomic E-state index is 0.136. The van der Waals surface area contributed by atoms with Gasteiger partial charge in [-0.15, -0.1) is 0 Å². The fraction of sp³-hybridized carbons (Fsp3) is 0.0968. The topological polar surface area (TPSA) is 32.3 Å². The molecule has 0 bridgehead atoms. The lowest BCUT2D eigenvalue weighted by atomic mass is 9.77. The first-order chi connectivity index (χ1) is 32.4. The van der Waals surface area contributed by atoms with E-state index in [1.165, 1.54) is 72.6 Å². The number of fused-ring (bicyclic) bond motifs is 5. The van der Waals surface area contributed by atoms with Crippen LogP contribution in [-0.4, -0.2) is 9.97 Å². The normalized spacial score (nSPS) is 16.5. The van der Waals surface area contributed by atoms with Gasteiger partial charge in [0.05, 0.1) is 16.9 Å². The number of rotatable bonds is 9. The SMILES string of the molecule is C=C/C=C\C1C(C)=CC=C2C1c1ccc(-c3ccc(N(C4=CC=CC=CC4)c4ccccc4C)c(C)c3)cc1N2c1cccc(-c2nc(-c3cccc4ccccc34)c3ccccc3n2)c1. The van der Waals surface area contributed by atoms with E-state index in [4.69, 9.17) is 9.97 Å². The molecule has 1 aromatic heterocycles. The number of aromatic nitrogens is 2. The number of hydrogen-bond acceptors (Lipinski definition) is 4. The van der Waals surface area contributed by atoms with E-state index in [0.29, 0.717) is 5.82 Å². The third-order valence-electron chi connectivity index (χ3n) is 13.4. The standard InChI is InChI=1S/C62H50N4/c1-5-6-26-50-41(2)32-36-58-60(50)54-35-33-46(45-34-37-57(43(4)38-45)65(48-23-9-7-8-10-24-48)56-31-16-11-19-42(56)3)40-59(54)66(58)49-25-17-22-47(39-49)62-63-55-30-15-14-28-53(55)61(64-62)52-29-18-21-44-20-12-13-27-51(44)52/h5-23,25-40,50,60H,1,24H2,2-4H3/b26-6-. The molecular weight excluding hydrogens is 801 g/mol. The van der Waals surface area contributed by atoms with E-state index in [1.54, 1.807) is 0 Å². The van der Waals surface area contributed by atoms with Gasteiger partial charge in [0.15, 0.2) is 5.82 Å². The maximum absolute atomic E-state index is 5.39. The van der Waals surface area contributed by atoms with Crippen molar-refractivity contribution in [3.8, 4) is 33.8 Å². The van der Waals surface area contributed by atoms with Gasteiger partial charge in [-0.1, -0.05) is 170 Å². The molecule has 11 rings (SSSR count). The van der Waals surface area contributed by atoms with E-state index in [9.17, 15) is 0 Å². The van der Waals surface area contributed by atoms with Crippen molar-refractivity contribution in [2.45, 2.75) is 33.1 Å². The van der Waals surface area contributed by atoms with Crippen LogP contribution < -0.4 is 9.80 Å². The molecule has 1 aliphatic heterocycles. The molecule has 8 aromatic rings. The van der Waals surface area contributed by atoms with Gasteiger partial charge in [0.2, 0.25) is 0 Å². The molecule has 2 unspecified atom stereocenters. The second-order valence-electron chi connectivity index (χ2n) is 17.5. The van der Waals surface area contributed by atoms with Gasteiger partial charge in [0.25, 0.3) is 0 Å². The highest BCUT2D eigenvalue weighted by atomic mass is 15.2. The summed E-state index contributed by atoms with van der Waals surface area (Å²) in [5.74, 6) is 1.02. The van der Waals surface area contributed by atoms with Gasteiger partial charge in [0.1, 0.15) is 0 Å². The Kier molecular flexibility index (Phi) is 10.6. The van der Waals surface area contributed by atoms with Crippen molar-refractivity contribution >= 4 is 44.4 Å². The lowest BCUT2D eigenvalue weighted by molar-refractivity contribution is 0.642. The van der Waals surface area contributed by atoms with E-state index in [1.807, 2.05) is 6.08 Å². The molecule has 7 aromatic carbocycles. The van der Waals surface area contributed by atoms with Crippen LogP contribution in [0.25, 0.3) is 55.4 Å². The number of nitrogens with zero attached hydrogens (tertiary/aromatic N) is 4. The summed E-state index contributed by atoms with van der Waals surface area (Å²) in [6, 6.07) is 54.8. The maximum Gasteiger partial charge on any atom is 0.160 e. The zero-order valence-corrected chi connectivity index (χ0v) is 37.6. The molecule has 0 N–H and O–H groups in total. The molecule has 0 amide bonds. The Morgan fingerprint density at radius 3 is 2.29 bits per heavy atom. The number of para-hydroxylation sites is 2. The summed E-state index contributed by atoms with van der Waals surface area (Å²) in [6.07, 6.45) is 22.6. The molecule has 0 saturated heterocycles. The summed E-state index contributed by atoms with van der Waals surface area (Å²) in [5, 5.41) is 3.40. The molecule has 66 heavy (non-hydrogen) atoms. The molecule has 0 fully saturated rings. The van der Waals surface area contributed by atoms with Crippen molar-refractivity contribution in [2.24, 2.45) is 5.92 Å². The van der Waals surface area contributed by atoms with E-state index in [-0.39, 0.29) is 11.8 Å². The number of aryl methyl sites for hydroxylation is 2. The monoisotopic (exact) mass is 850 g/mol. The van der Waals surface area contributed by atoms with Crippen LogP contribution in [-0.2, 0) is 0 Å². The summed E-state index contributed by atoms with van der Waals surface area (Å²) in [5.41, 5.74) is 18.5. The summed E-state index contributed by atoms with van der Waals surface area (Å²) < 4.78 is 0. The fourth-order valence-electron chi connectivity index (χ4n) is 10.2. The van der Waals surface area contributed by atoms with Crippen LogP contribution in [0.2, 0.25) is 0 Å². The summed E-state index contributed by atoms with van der Waals surface area (Å²) in [4.78, 5) is 15.5.